The lowest BCUT2D eigenvalue weighted by atomic mass is 9.81. The molecule has 1 nitrogen and oxygen atoms in total. The predicted molar refractivity (Wildman–Crippen MR) is 74.4 cm³/mol. The summed E-state index contributed by atoms with van der Waals surface area (Å²) in [5.41, 5.74) is 3.56. The molecule has 0 amide bonds. The van der Waals surface area contributed by atoms with Gasteiger partial charge in [0.05, 0.1) is 5.60 Å². The van der Waals surface area contributed by atoms with Crippen molar-refractivity contribution in [2.75, 3.05) is 0 Å². The molecule has 1 heteroatoms. The van der Waals surface area contributed by atoms with Crippen molar-refractivity contribution in [3.05, 3.63) is 47.0 Å². The number of fused-ring (bicyclic) bond motifs is 3. The zero-order valence-corrected chi connectivity index (χ0v) is 11.3. The maximum Gasteiger partial charge on any atom is 0.0892 e. The number of rotatable bonds is 1. The summed E-state index contributed by atoms with van der Waals surface area (Å²) >= 11 is 0. The quantitative estimate of drug-likeness (QED) is 0.747. The summed E-state index contributed by atoms with van der Waals surface area (Å²) in [6, 6.07) is 8.72. The van der Waals surface area contributed by atoms with E-state index in [0.29, 0.717) is 11.8 Å². The smallest absolute Gasteiger partial charge is 0.0892 e. The largest absolute Gasteiger partial charge is 0.385 e. The van der Waals surface area contributed by atoms with Crippen molar-refractivity contribution < 1.29 is 5.11 Å². The van der Waals surface area contributed by atoms with E-state index in [1.54, 1.807) is 0 Å². The Morgan fingerprint density at radius 2 is 1.61 bits per heavy atom. The van der Waals surface area contributed by atoms with Crippen molar-refractivity contribution in [3.8, 4) is 0 Å². The van der Waals surface area contributed by atoms with E-state index in [4.69, 9.17) is 0 Å². The highest BCUT2D eigenvalue weighted by molar-refractivity contribution is 5.33. The first-order valence-corrected chi connectivity index (χ1v) is 7.05. The monoisotopic (exact) mass is 242 g/mol. The molecule has 2 aliphatic carbocycles. The molecule has 0 radical (unpaired) electrons. The van der Waals surface area contributed by atoms with Crippen LogP contribution in [-0.4, -0.2) is 10.7 Å². The highest BCUT2D eigenvalue weighted by atomic mass is 16.3. The summed E-state index contributed by atoms with van der Waals surface area (Å²) in [4.78, 5) is 0. The Kier molecular flexibility index (Phi) is 2.82. The van der Waals surface area contributed by atoms with E-state index in [1.807, 2.05) is 0 Å². The van der Waals surface area contributed by atoms with Gasteiger partial charge in [-0.25, -0.2) is 0 Å². The van der Waals surface area contributed by atoms with E-state index in [-0.39, 0.29) is 0 Å². The Balaban J connectivity index is 2.03. The van der Waals surface area contributed by atoms with Gasteiger partial charge in [0, 0.05) is 0 Å². The summed E-state index contributed by atoms with van der Waals surface area (Å²) in [6.45, 7) is 4.19. The summed E-state index contributed by atoms with van der Waals surface area (Å²) in [5.74, 6) is 0.807. The maximum atomic E-state index is 11.1. The third-order valence-corrected chi connectivity index (χ3v) is 4.74. The third kappa shape index (κ3) is 1.81. The van der Waals surface area contributed by atoms with Crippen molar-refractivity contribution in [2.45, 2.75) is 45.1 Å². The van der Waals surface area contributed by atoms with Gasteiger partial charge in [0.2, 0.25) is 0 Å². The molecule has 1 fully saturated rings. The van der Waals surface area contributed by atoms with Crippen molar-refractivity contribution in [1.29, 1.82) is 0 Å². The van der Waals surface area contributed by atoms with Crippen LogP contribution in [0.15, 0.2) is 35.9 Å². The van der Waals surface area contributed by atoms with E-state index in [1.165, 1.54) is 29.5 Å². The molecule has 2 atom stereocenters. The first-order valence-electron chi connectivity index (χ1n) is 7.05. The molecule has 2 bridgehead atoms. The molecule has 1 aromatic rings. The zero-order chi connectivity index (χ0) is 12.8. The molecule has 96 valence electrons. The van der Waals surface area contributed by atoms with Crippen LogP contribution in [0, 0.1) is 11.8 Å². The molecule has 0 aromatic heterocycles. The normalized spacial score (nSPS) is 33.7. The van der Waals surface area contributed by atoms with Crippen molar-refractivity contribution in [3.63, 3.8) is 0 Å². The van der Waals surface area contributed by atoms with Gasteiger partial charge >= 0.3 is 0 Å². The summed E-state index contributed by atoms with van der Waals surface area (Å²) in [5, 5.41) is 11.1. The van der Waals surface area contributed by atoms with Crippen molar-refractivity contribution in [1.82, 2.24) is 0 Å². The topological polar surface area (TPSA) is 20.2 Å². The average Bonchev–Trinajstić information content (AvgIpc) is 2.50. The Labute approximate surface area is 110 Å². The van der Waals surface area contributed by atoms with E-state index < -0.39 is 5.60 Å². The minimum atomic E-state index is -0.572. The molecule has 18 heavy (non-hydrogen) atoms. The Bertz CT molecular complexity index is 449. The van der Waals surface area contributed by atoms with Crippen LogP contribution in [-0.2, 0) is 12.8 Å². The fourth-order valence-corrected chi connectivity index (χ4v) is 3.91. The van der Waals surface area contributed by atoms with Crippen molar-refractivity contribution in [2.24, 2.45) is 11.8 Å². The highest BCUT2D eigenvalue weighted by Crippen LogP contribution is 2.48. The van der Waals surface area contributed by atoms with E-state index >= 15 is 0 Å². The maximum absolute atomic E-state index is 11.1. The lowest BCUT2D eigenvalue weighted by Crippen LogP contribution is -2.38. The molecule has 0 spiro atoms. The minimum absolute atomic E-state index is 0.404. The Hall–Kier alpha value is -1.08. The number of hydrogen-bond acceptors (Lipinski definition) is 1. The molecule has 2 unspecified atom stereocenters. The third-order valence-electron chi connectivity index (χ3n) is 4.74. The molecule has 0 heterocycles. The van der Waals surface area contributed by atoms with Gasteiger partial charge in [0.15, 0.2) is 0 Å². The lowest BCUT2D eigenvalue weighted by molar-refractivity contribution is 0.0130. The minimum Gasteiger partial charge on any atom is -0.385 e. The molecule has 1 N–H and O–H groups in total. The van der Waals surface area contributed by atoms with Crippen LogP contribution in [0.4, 0.5) is 0 Å². The number of benzene rings is 1. The molecular formula is C17H22O. The van der Waals surface area contributed by atoms with Gasteiger partial charge < -0.3 is 5.11 Å². The van der Waals surface area contributed by atoms with Crippen LogP contribution in [0.3, 0.4) is 0 Å². The molecular weight excluding hydrogens is 220 g/mol. The van der Waals surface area contributed by atoms with E-state index in [9.17, 15) is 5.11 Å². The van der Waals surface area contributed by atoms with Gasteiger partial charge in [0.1, 0.15) is 0 Å². The number of hydrogen-bond donors (Lipinski definition) is 1. The SMILES string of the molecule is CC(C)=CC1(O)C2CCC1Cc1ccccc1C2. The fourth-order valence-electron chi connectivity index (χ4n) is 3.91. The van der Waals surface area contributed by atoms with Crippen LogP contribution in [0.25, 0.3) is 0 Å². The highest BCUT2D eigenvalue weighted by Gasteiger charge is 2.48. The summed E-state index contributed by atoms with van der Waals surface area (Å²) in [6.07, 6.45) is 6.53. The second-order valence-electron chi connectivity index (χ2n) is 6.26. The number of allylic oxidation sites excluding steroid dienone is 1. The fraction of sp³-hybridized carbons (Fsp3) is 0.529. The standard InChI is InChI=1S/C17H22O/c1-12(2)11-17(18)15-7-8-16(17)10-14-6-4-3-5-13(14)9-15/h3-6,11,15-16,18H,7-10H2,1-2H3. The van der Waals surface area contributed by atoms with Gasteiger partial charge in [-0.05, 0) is 62.5 Å². The molecule has 3 rings (SSSR count). The molecule has 0 saturated heterocycles. The van der Waals surface area contributed by atoms with E-state index in [2.05, 4.69) is 44.2 Å². The Morgan fingerprint density at radius 3 is 2.06 bits per heavy atom. The second kappa shape index (κ2) is 4.24. The average molecular weight is 242 g/mol. The molecule has 1 aromatic carbocycles. The lowest BCUT2D eigenvalue weighted by Gasteiger charge is -2.31. The van der Waals surface area contributed by atoms with Crippen molar-refractivity contribution >= 4 is 0 Å². The van der Waals surface area contributed by atoms with Crippen LogP contribution in [0.2, 0.25) is 0 Å². The van der Waals surface area contributed by atoms with Gasteiger partial charge in [-0.3, -0.25) is 0 Å². The first kappa shape index (κ1) is 12.0. The molecule has 1 saturated carbocycles. The Morgan fingerprint density at radius 1 is 1.11 bits per heavy atom. The van der Waals surface area contributed by atoms with Gasteiger partial charge in [0.25, 0.3) is 0 Å². The predicted octanol–water partition coefficient (Wildman–Crippen LogP) is 3.51. The van der Waals surface area contributed by atoms with Crippen LogP contribution in [0.5, 0.6) is 0 Å². The first-order chi connectivity index (χ1) is 8.59. The zero-order valence-electron chi connectivity index (χ0n) is 11.3. The van der Waals surface area contributed by atoms with Gasteiger partial charge in [-0.2, -0.15) is 0 Å². The molecule has 2 aliphatic rings. The van der Waals surface area contributed by atoms with Crippen LogP contribution < -0.4 is 0 Å². The second-order valence-corrected chi connectivity index (χ2v) is 6.26. The molecule has 0 aliphatic heterocycles. The van der Waals surface area contributed by atoms with Gasteiger partial charge in [-0.15, -0.1) is 0 Å². The van der Waals surface area contributed by atoms with Crippen LogP contribution in [0.1, 0.15) is 37.8 Å². The van der Waals surface area contributed by atoms with E-state index in [0.717, 1.165) is 12.8 Å². The summed E-state index contributed by atoms with van der Waals surface area (Å²) in [7, 11) is 0. The van der Waals surface area contributed by atoms with Crippen LogP contribution >= 0.6 is 0 Å². The van der Waals surface area contributed by atoms with Gasteiger partial charge in [-0.1, -0.05) is 35.9 Å². The number of aliphatic hydroxyl groups is 1. The summed E-state index contributed by atoms with van der Waals surface area (Å²) < 4.78 is 0.